The lowest BCUT2D eigenvalue weighted by atomic mass is 9.78. The van der Waals surface area contributed by atoms with Gasteiger partial charge < -0.3 is 0 Å². The molecule has 2 nitrogen and oxygen atoms in total. The lowest BCUT2D eigenvalue weighted by molar-refractivity contribution is 0.359. The Morgan fingerprint density at radius 3 is 2.42 bits per heavy atom. The molecule has 0 saturated heterocycles. The summed E-state index contributed by atoms with van der Waals surface area (Å²) in [5.74, 6) is 0.578. The zero-order valence-electron chi connectivity index (χ0n) is 8.20. The fourth-order valence-electron chi connectivity index (χ4n) is 0.941. The third kappa shape index (κ3) is 1.63. The highest BCUT2D eigenvalue weighted by molar-refractivity contribution is 5.12. The molecule has 0 aliphatic rings. The maximum absolute atomic E-state index is 4.12. The van der Waals surface area contributed by atoms with Crippen molar-refractivity contribution in [1.29, 1.82) is 0 Å². The number of rotatable bonds is 2. The van der Waals surface area contributed by atoms with E-state index in [1.807, 2.05) is 12.1 Å². The first-order valence-corrected chi connectivity index (χ1v) is 4.33. The normalized spacial score (nSPS) is 12.1. The quantitative estimate of drug-likeness (QED) is 0.670. The molecule has 2 heteroatoms. The highest BCUT2D eigenvalue weighted by atomic mass is 15.1. The zero-order chi connectivity index (χ0) is 9.19. The van der Waals surface area contributed by atoms with E-state index in [9.17, 15) is 0 Å². The van der Waals surface area contributed by atoms with Crippen LogP contribution in [0.2, 0.25) is 0 Å². The van der Waals surface area contributed by atoms with Gasteiger partial charge >= 0.3 is 0 Å². The van der Waals surface area contributed by atoms with Crippen molar-refractivity contribution >= 4 is 0 Å². The van der Waals surface area contributed by atoms with Gasteiger partial charge in [-0.1, -0.05) is 27.7 Å². The number of hydrogen-bond donors (Lipinski definition) is 0. The average Bonchev–Trinajstić information content (AvgIpc) is 2.06. The van der Waals surface area contributed by atoms with Gasteiger partial charge in [-0.2, -0.15) is 10.2 Å². The van der Waals surface area contributed by atoms with Crippen LogP contribution < -0.4 is 0 Å². The molecule has 0 bridgehead atoms. The Hall–Kier alpha value is -0.920. The lowest BCUT2D eigenvalue weighted by Gasteiger charge is -2.27. The van der Waals surface area contributed by atoms with E-state index in [1.54, 1.807) is 6.20 Å². The summed E-state index contributed by atoms with van der Waals surface area (Å²) in [5.41, 5.74) is 1.19. The van der Waals surface area contributed by atoms with E-state index in [0.29, 0.717) is 5.92 Å². The van der Waals surface area contributed by atoms with Crippen LogP contribution in [0.4, 0.5) is 0 Å². The molecule has 0 saturated carbocycles. The van der Waals surface area contributed by atoms with Crippen molar-refractivity contribution < 1.29 is 0 Å². The Morgan fingerprint density at radius 1 is 1.33 bits per heavy atom. The van der Waals surface area contributed by atoms with Gasteiger partial charge in [0.05, 0.1) is 5.69 Å². The molecule has 66 valence electrons. The van der Waals surface area contributed by atoms with Gasteiger partial charge in [0, 0.05) is 11.6 Å². The van der Waals surface area contributed by atoms with Gasteiger partial charge in [-0.15, -0.1) is 0 Å². The monoisotopic (exact) mass is 164 g/mol. The first-order valence-electron chi connectivity index (χ1n) is 4.33. The molecule has 0 spiro atoms. The van der Waals surface area contributed by atoms with Crippen molar-refractivity contribution in [3.8, 4) is 0 Å². The zero-order valence-corrected chi connectivity index (χ0v) is 8.20. The maximum Gasteiger partial charge on any atom is 0.0689 e. The minimum Gasteiger partial charge on any atom is -0.159 e. The second kappa shape index (κ2) is 3.21. The Morgan fingerprint density at radius 2 is 2.00 bits per heavy atom. The molecule has 0 unspecified atom stereocenters. The minimum absolute atomic E-state index is 0.119. The smallest absolute Gasteiger partial charge is 0.0689 e. The topological polar surface area (TPSA) is 25.8 Å². The molecule has 0 aliphatic carbocycles. The van der Waals surface area contributed by atoms with Crippen molar-refractivity contribution in [2.75, 3.05) is 0 Å². The van der Waals surface area contributed by atoms with E-state index in [1.165, 1.54) is 0 Å². The van der Waals surface area contributed by atoms with Crippen LogP contribution in [0, 0.1) is 5.92 Å². The predicted octanol–water partition coefficient (Wildman–Crippen LogP) is 2.41. The Kier molecular flexibility index (Phi) is 2.46. The molecule has 0 radical (unpaired) electrons. The van der Waals surface area contributed by atoms with Crippen molar-refractivity contribution in [1.82, 2.24) is 10.2 Å². The van der Waals surface area contributed by atoms with E-state index in [4.69, 9.17) is 0 Å². The highest BCUT2D eigenvalue weighted by Gasteiger charge is 2.25. The largest absolute Gasteiger partial charge is 0.159 e. The summed E-state index contributed by atoms with van der Waals surface area (Å²) >= 11 is 0. The van der Waals surface area contributed by atoms with Crippen LogP contribution in [0.1, 0.15) is 33.4 Å². The third-order valence-electron chi connectivity index (χ3n) is 2.68. The molecule has 0 fully saturated rings. The molecule has 0 atom stereocenters. The van der Waals surface area contributed by atoms with Gasteiger partial charge in [-0.3, -0.25) is 0 Å². The van der Waals surface area contributed by atoms with Gasteiger partial charge in [0.2, 0.25) is 0 Å². The van der Waals surface area contributed by atoms with E-state index >= 15 is 0 Å². The molecule has 0 aliphatic heterocycles. The Balaban J connectivity index is 2.98. The van der Waals surface area contributed by atoms with Crippen molar-refractivity contribution in [3.05, 3.63) is 24.0 Å². The molecule has 0 aromatic carbocycles. The summed E-state index contributed by atoms with van der Waals surface area (Å²) < 4.78 is 0. The molecule has 1 aromatic heterocycles. The van der Waals surface area contributed by atoms with Gasteiger partial charge in [-0.05, 0) is 18.1 Å². The van der Waals surface area contributed by atoms with Gasteiger partial charge in [-0.25, -0.2) is 0 Å². The Labute approximate surface area is 74.0 Å². The minimum atomic E-state index is 0.119. The molecule has 1 heterocycles. The summed E-state index contributed by atoms with van der Waals surface area (Å²) in [6.07, 6.45) is 1.71. The number of hydrogen-bond acceptors (Lipinski definition) is 2. The van der Waals surface area contributed by atoms with E-state index in [-0.39, 0.29) is 5.41 Å². The van der Waals surface area contributed by atoms with Crippen LogP contribution in [-0.4, -0.2) is 10.2 Å². The van der Waals surface area contributed by atoms with E-state index in [0.717, 1.165) is 5.69 Å². The lowest BCUT2D eigenvalue weighted by Crippen LogP contribution is -2.25. The molecule has 0 N–H and O–H groups in total. The molecular formula is C10H16N2. The van der Waals surface area contributed by atoms with Crippen molar-refractivity contribution in [3.63, 3.8) is 0 Å². The highest BCUT2D eigenvalue weighted by Crippen LogP contribution is 2.28. The second-order valence-electron chi connectivity index (χ2n) is 3.99. The van der Waals surface area contributed by atoms with Crippen LogP contribution in [-0.2, 0) is 5.41 Å². The molecule has 0 amide bonds. The van der Waals surface area contributed by atoms with E-state index in [2.05, 4.69) is 37.9 Å². The first-order chi connectivity index (χ1) is 5.55. The van der Waals surface area contributed by atoms with Gasteiger partial charge in [0.25, 0.3) is 0 Å². The molecule has 1 aromatic rings. The predicted molar refractivity (Wildman–Crippen MR) is 49.9 cm³/mol. The van der Waals surface area contributed by atoms with Gasteiger partial charge in [0.15, 0.2) is 0 Å². The number of nitrogens with zero attached hydrogens (tertiary/aromatic N) is 2. The SMILES string of the molecule is CC(C)C(C)(C)c1cccnn1. The molecule has 12 heavy (non-hydrogen) atoms. The summed E-state index contributed by atoms with van der Waals surface area (Å²) in [4.78, 5) is 0. The standard InChI is InChI=1S/C10H16N2/c1-8(2)10(3,4)9-6-5-7-11-12-9/h5-8H,1-4H3. The summed E-state index contributed by atoms with van der Waals surface area (Å²) in [5, 5.41) is 8.01. The van der Waals surface area contributed by atoms with Crippen LogP contribution in [0.5, 0.6) is 0 Å². The summed E-state index contributed by atoms with van der Waals surface area (Å²) in [7, 11) is 0. The fourth-order valence-corrected chi connectivity index (χ4v) is 0.941. The maximum atomic E-state index is 4.12. The van der Waals surface area contributed by atoms with E-state index < -0.39 is 0 Å². The van der Waals surface area contributed by atoms with Crippen molar-refractivity contribution in [2.45, 2.75) is 33.1 Å². The van der Waals surface area contributed by atoms with Crippen molar-refractivity contribution in [2.24, 2.45) is 5.92 Å². The molecule has 1 rings (SSSR count). The summed E-state index contributed by atoms with van der Waals surface area (Å²) in [6.45, 7) is 8.80. The third-order valence-corrected chi connectivity index (χ3v) is 2.68. The first kappa shape index (κ1) is 9.17. The summed E-state index contributed by atoms with van der Waals surface area (Å²) in [6, 6.07) is 3.97. The van der Waals surface area contributed by atoms with Gasteiger partial charge in [0.1, 0.15) is 0 Å². The average molecular weight is 164 g/mol. The van der Waals surface area contributed by atoms with Crippen LogP contribution >= 0.6 is 0 Å². The second-order valence-corrected chi connectivity index (χ2v) is 3.99. The Bertz CT molecular complexity index is 239. The van der Waals surface area contributed by atoms with Crippen LogP contribution in [0.3, 0.4) is 0 Å². The molecular weight excluding hydrogens is 148 g/mol. The van der Waals surface area contributed by atoms with Crippen LogP contribution in [0.15, 0.2) is 18.3 Å². The van der Waals surface area contributed by atoms with Crippen LogP contribution in [0.25, 0.3) is 0 Å². The number of aromatic nitrogens is 2. The fraction of sp³-hybridized carbons (Fsp3) is 0.600.